The van der Waals surface area contributed by atoms with Gasteiger partial charge in [0, 0.05) is 6.20 Å². The van der Waals surface area contributed by atoms with Gasteiger partial charge in [0.05, 0.1) is 11.4 Å². The molecule has 2 heterocycles. The SMILES string of the molecule is C/C(=N/O)c1c(C)nc2cc(C)ccn12. The summed E-state index contributed by atoms with van der Waals surface area (Å²) in [5.74, 6) is 0. The molecule has 1 N–H and O–H groups in total. The van der Waals surface area contributed by atoms with Crippen molar-refractivity contribution in [1.82, 2.24) is 9.38 Å². The van der Waals surface area contributed by atoms with Crippen LogP contribution in [0.1, 0.15) is 23.9 Å². The van der Waals surface area contributed by atoms with E-state index in [1.807, 2.05) is 36.6 Å². The molecule has 0 amide bonds. The first kappa shape index (κ1) is 9.71. The summed E-state index contributed by atoms with van der Waals surface area (Å²) in [5.41, 5.74) is 4.34. The summed E-state index contributed by atoms with van der Waals surface area (Å²) in [4.78, 5) is 4.41. The maximum Gasteiger partial charge on any atom is 0.137 e. The molecule has 2 aromatic rings. The molecule has 4 heteroatoms. The number of nitrogens with zero attached hydrogens (tertiary/aromatic N) is 3. The van der Waals surface area contributed by atoms with Crippen LogP contribution in [0.15, 0.2) is 23.5 Å². The average molecular weight is 203 g/mol. The standard InChI is InChI=1S/C11H13N3O/c1-7-4-5-14-10(6-7)12-8(2)11(14)9(3)13-15/h4-6,15H,1-3H3/b13-9-. The summed E-state index contributed by atoms with van der Waals surface area (Å²) in [5, 5.41) is 12.0. The summed E-state index contributed by atoms with van der Waals surface area (Å²) in [7, 11) is 0. The number of pyridine rings is 1. The number of hydrogen-bond donors (Lipinski definition) is 1. The van der Waals surface area contributed by atoms with E-state index in [2.05, 4.69) is 10.1 Å². The third-order valence-corrected chi connectivity index (χ3v) is 2.45. The summed E-state index contributed by atoms with van der Waals surface area (Å²) in [6.07, 6.45) is 1.94. The smallest absolute Gasteiger partial charge is 0.137 e. The molecular formula is C11H13N3O. The fourth-order valence-electron chi connectivity index (χ4n) is 1.75. The Labute approximate surface area is 87.9 Å². The number of fused-ring (bicyclic) bond motifs is 1. The third kappa shape index (κ3) is 1.48. The van der Waals surface area contributed by atoms with Crippen LogP contribution in [-0.2, 0) is 0 Å². The van der Waals surface area contributed by atoms with E-state index in [9.17, 15) is 0 Å². The van der Waals surface area contributed by atoms with Gasteiger partial charge in [-0.25, -0.2) is 4.98 Å². The van der Waals surface area contributed by atoms with Crippen LogP contribution < -0.4 is 0 Å². The molecule has 78 valence electrons. The molecule has 0 aliphatic heterocycles. The van der Waals surface area contributed by atoms with Gasteiger partial charge in [0.25, 0.3) is 0 Å². The normalized spacial score (nSPS) is 12.3. The first-order valence-electron chi connectivity index (χ1n) is 4.78. The Balaban J connectivity index is 2.79. The van der Waals surface area contributed by atoms with Crippen LogP contribution in [0.25, 0.3) is 5.65 Å². The molecule has 0 radical (unpaired) electrons. The lowest BCUT2D eigenvalue weighted by atomic mass is 10.2. The molecule has 2 aromatic heterocycles. The van der Waals surface area contributed by atoms with Crippen LogP contribution in [0.2, 0.25) is 0 Å². The number of hydrogen-bond acceptors (Lipinski definition) is 3. The monoisotopic (exact) mass is 203 g/mol. The third-order valence-electron chi connectivity index (χ3n) is 2.45. The highest BCUT2D eigenvalue weighted by atomic mass is 16.4. The van der Waals surface area contributed by atoms with Gasteiger partial charge < -0.3 is 5.21 Å². The lowest BCUT2D eigenvalue weighted by Gasteiger charge is -2.00. The summed E-state index contributed by atoms with van der Waals surface area (Å²) < 4.78 is 1.93. The van der Waals surface area contributed by atoms with Crippen molar-refractivity contribution in [3.63, 3.8) is 0 Å². The summed E-state index contributed by atoms with van der Waals surface area (Å²) >= 11 is 0. The van der Waals surface area contributed by atoms with Crippen LogP contribution in [-0.4, -0.2) is 20.3 Å². The number of imidazole rings is 1. The van der Waals surface area contributed by atoms with Crippen LogP contribution in [0, 0.1) is 13.8 Å². The summed E-state index contributed by atoms with van der Waals surface area (Å²) in [6.45, 7) is 5.69. The highest BCUT2D eigenvalue weighted by Crippen LogP contribution is 2.14. The molecule has 0 atom stereocenters. The second-order valence-corrected chi connectivity index (χ2v) is 3.66. The van der Waals surface area contributed by atoms with E-state index in [0.29, 0.717) is 5.71 Å². The van der Waals surface area contributed by atoms with Crippen molar-refractivity contribution in [3.05, 3.63) is 35.3 Å². The molecule has 0 saturated carbocycles. The average Bonchev–Trinajstić information content (AvgIpc) is 2.52. The van der Waals surface area contributed by atoms with E-state index < -0.39 is 0 Å². The second kappa shape index (κ2) is 3.38. The number of aromatic nitrogens is 2. The first-order valence-corrected chi connectivity index (χ1v) is 4.78. The Bertz CT molecular complexity index is 540. The molecule has 0 spiro atoms. The van der Waals surface area contributed by atoms with E-state index in [1.165, 1.54) is 0 Å². The number of aryl methyl sites for hydroxylation is 2. The zero-order valence-corrected chi connectivity index (χ0v) is 9.02. The molecule has 4 nitrogen and oxygen atoms in total. The van der Waals surface area contributed by atoms with E-state index in [0.717, 1.165) is 22.6 Å². The Morgan fingerprint density at radius 3 is 2.87 bits per heavy atom. The van der Waals surface area contributed by atoms with Crippen molar-refractivity contribution in [2.45, 2.75) is 20.8 Å². The Morgan fingerprint density at radius 2 is 2.20 bits per heavy atom. The van der Waals surface area contributed by atoms with Gasteiger partial charge in [-0.1, -0.05) is 5.16 Å². The number of oxime groups is 1. The van der Waals surface area contributed by atoms with Crippen LogP contribution >= 0.6 is 0 Å². The lowest BCUT2D eigenvalue weighted by molar-refractivity contribution is 0.319. The first-order chi connectivity index (χ1) is 7.13. The van der Waals surface area contributed by atoms with Crippen LogP contribution in [0.4, 0.5) is 0 Å². The van der Waals surface area contributed by atoms with E-state index in [1.54, 1.807) is 6.92 Å². The van der Waals surface area contributed by atoms with E-state index in [4.69, 9.17) is 5.21 Å². The van der Waals surface area contributed by atoms with E-state index >= 15 is 0 Å². The second-order valence-electron chi connectivity index (χ2n) is 3.66. The van der Waals surface area contributed by atoms with E-state index in [-0.39, 0.29) is 0 Å². The molecule has 0 aromatic carbocycles. The maximum atomic E-state index is 8.79. The zero-order valence-electron chi connectivity index (χ0n) is 9.02. The van der Waals surface area contributed by atoms with Crippen molar-refractivity contribution in [2.24, 2.45) is 5.16 Å². The van der Waals surface area contributed by atoms with Gasteiger partial charge in [0.2, 0.25) is 0 Å². The molecule has 0 bridgehead atoms. The Kier molecular flexibility index (Phi) is 2.19. The molecule has 0 unspecified atom stereocenters. The van der Waals surface area contributed by atoms with Gasteiger partial charge in [-0.15, -0.1) is 0 Å². The molecule has 2 rings (SSSR count). The molecule has 0 fully saturated rings. The minimum Gasteiger partial charge on any atom is -0.411 e. The minimum atomic E-state index is 0.573. The predicted octanol–water partition coefficient (Wildman–Crippen LogP) is 2.15. The van der Waals surface area contributed by atoms with Gasteiger partial charge in [-0.3, -0.25) is 4.40 Å². The Morgan fingerprint density at radius 1 is 1.47 bits per heavy atom. The van der Waals surface area contributed by atoms with Crippen LogP contribution in [0.3, 0.4) is 0 Å². The van der Waals surface area contributed by atoms with Gasteiger partial charge in [-0.2, -0.15) is 0 Å². The fourth-order valence-corrected chi connectivity index (χ4v) is 1.75. The highest BCUT2D eigenvalue weighted by Gasteiger charge is 2.11. The Hall–Kier alpha value is -1.84. The van der Waals surface area contributed by atoms with Crippen molar-refractivity contribution < 1.29 is 5.21 Å². The topological polar surface area (TPSA) is 49.9 Å². The van der Waals surface area contributed by atoms with Crippen molar-refractivity contribution in [3.8, 4) is 0 Å². The molecule has 15 heavy (non-hydrogen) atoms. The van der Waals surface area contributed by atoms with Crippen molar-refractivity contribution in [2.75, 3.05) is 0 Å². The molecule has 0 aliphatic rings. The minimum absolute atomic E-state index is 0.573. The fraction of sp³-hybridized carbons (Fsp3) is 0.273. The van der Waals surface area contributed by atoms with Crippen LogP contribution in [0.5, 0.6) is 0 Å². The van der Waals surface area contributed by atoms with Gasteiger partial charge >= 0.3 is 0 Å². The maximum absolute atomic E-state index is 8.79. The van der Waals surface area contributed by atoms with Gasteiger partial charge in [0.1, 0.15) is 11.4 Å². The quantitative estimate of drug-likeness (QED) is 0.438. The highest BCUT2D eigenvalue weighted by molar-refractivity contribution is 5.98. The zero-order chi connectivity index (χ0) is 11.0. The molecule has 0 aliphatic carbocycles. The largest absolute Gasteiger partial charge is 0.411 e. The number of rotatable bonds is 1. The predicted molar refractivity (Wildman–Crippen MR) is 58.7 cm³/mol. The van der Waals surface area contributed by atoms with Gasteiger partial charge in [-0.05, 0) is 38.5 Å². The van der Waals surface area contributed by atoms with Gasteiger partial charge in [0.15, 0.2) is 0 Å². The summed E-state index contributed by atoms with van der Waals surface area (Å²) in [6, 6.07) is 4.00. The molecular weight excluding hydrogens is 190 g/mol. The van der Waals surface area contributed by atoms with Crippen molar-refractivity contribution >= 4 is 11.4 Å². The lowest BCUT2D eigenvalue weighted by Crippen LogP contribution is -2.02. The van der Waals surface area contributed by atoms with Crippen molar-refractivity contribution in [1.29, 1.82) is 0 Å². The molecule has 0 saturated heterocycles.